The number of likely N-dealkylation sites (N-methyl/N-ethyl adjacent to an activating group) is 1. The molecule has 0 saturated heterocycles. The van der Waals surface area contributed by atoms with Crippen molar-refractivity contribution >= 4 is 19.8 Å². The first-order valence-electron chi connectivity index (χ1n) is 24.7. The number of hydrogen-bond acceptors (Lipinski definition) is 8. The summed E-state index contributed by atoms with van der Waals surface area (Å²) < 4.78 is 34.0. The number of phosphoric ester groups is 1. The molecule has 0 fully saturated rings. The van der Waals surface area contributed by atoms with Crippen LogP contribution in [-0.2, 0) is 32.7 Å². The highest BCUT2D eigenvalue weighted by Crippen LogP contribution is 2.38. The first-order valence-corrected chi connectivity index (χ1v) is 26.2. The average Bonchev–Trinajstić information content (AvgIpc) is 3.20. The van der Waals surface area contributed by atoms with Crippen molar-refractivity contribution in [2.75, 3.05) is 47.5 Å². The van der Waals surface area contributed by atoms with Gasteiger partial charge in [0.2, 0.25) is 0 Å². The van der Waals surface area contributed by atoms with Crippen molar-refractivity contribution in [1.29, 1.82) is 0 Å². The van der Waals surface area contributed by atoms with Gasteiger partial charge in [-0.1, -0.05) is 172 Å². The molecule has 0 heterocycles. The first kappa shape index (κ1) is 58.2. The molecule has 0 aromatic heterocycles. The summed E-state index contributed by atoms with van der Waals surface area (Å²) in [5.41, 5.74) is 0. The molecule has 0 rings (SSSR count). The summed E-state index contributed by atoms with van der Waals surface area (Å²) in [6.07, 6.45) is 48.8. The third-order valence-electron chi connectivity index (χ3n) is 10.6. The van der Waals surface area contributed by atoms with E-state index < -0.39 is 26.5 Å². The number of nitrogens with zero attached hydrogens (tertiary/aromatic N) is 1. The van der Waals surface area contributed by atoms with Crippen LogP contribution in [0.5, 0.6) is 0 Å². The zero-order valence-corrected chi connectivity index (χ0v) is 40.6. The molecule has 0 bridgehead atoms. The van der Waals surface area contributed by atoms with Crippen LogP contribution in [0.25, 0.3) is 0 Å². The molecule has 0 aromatic carbocycles. The Morgan fingerprint density at radius 3 is 1.37 bits per heavy atom. The predicted molar refractivity (Wildman–Crippen MR) is 250 cm³/mol. The molecule has 0 aliphatic carbocycles. The molecule has 0 spiro atoms. The Hall–Kier alpha value is -1.77. The van der Waals surface area contributed by atoms with Gasteiger partial charge < -0.3 is 27.9 Å². The molecule has 0 radical (unpaired) electrons. The molecule has 0 aliphatic rings. The van der Waals surface area contributed by atoms with Gasteiger partial charge in [0.05, 0.1) is 27.7 Å². The number of esters is 2. The van der Waals surface area contributed by atoms with E-state index in [4.69, 9.17) is 18.5 Å². The number of phosphoric acid groups is 1. The van der Waals surface area contributed by atoms with Crippen LogP contribution < -0.4 is 4.89 Å². The lowest BCUT2D eigenvalue weighted by Crippen LogP contribution is -2.37. The van der Waals surface area contributed by atoms with Crippen molar-refractivity contribution < 1.29 is 42.1 Å². The summed E-state index contributed by atoms with van der Waals surface area (Å²) in [6, 6.07) is 0. The van der Waals surface area contributed by atoms with E-state index in [2.05, 4.69) is 50.3 Å². The highest BCUT2D eigenvalue weighted by atomic mass is 31.2. The highest BCUT2D eigenvalue weighted by molar-refractivity contribution is 7.45. The van der Waals surface area contributed by atoms with E-state index in [1.165, 1.54) is 128 Å². The van der Waals surface area contributed by atoms with E-state index in [9.17, 15) is 19.0 Å². The topological polar surface area (TPSA) is 111 Å². The van der Waals surface area contributed by atoms with E-state index in [-0.39, 0.29) is 32.0 Å². The maximum atomic E-state index is 12.7. The van der Waals surface area contributed by atoms with Crippen molar-refractivity contribution in [3.05, 3.63) is 36.5 Å². The van der Waals surface area contributed by atoms with Gasteiger partial charge in [0, 0.05) is 12.8 Å². The van der Waals surface area contributed by atoms with Crippen molar-refractivity contribution in [3.8, 4) is 0 Å². The molecule has 0 N–H and O–H groups in total. The van der Waals surface area contributed by atoms with Crippen molar-refractivity contribution in [2.45, 2.75) is 225 Å². The van der Waals surface area contributed by atoms with Gasteiger partial charge in [0.15, 0.2) is 6.10 Å². The number of allylic oxidation sites excluding steroid dienone is 6. The smallest absolute Gasteiger partial charge is 0.306 e. The number of carbonyl (C=O) groups excluding carboxylic acids is 2. The van der Waals surface area contributed by atoms with E-state index in [1.54, 1.807) is 0 Å². The van der Waals surface area contributed by atoms with Crippen LogP contribution in [0.1, 0.15) is 219 Å². The summed E-state index contributed by atoms with van der Waals surface area (Å²) in [6.45, 7) is 4.20. The second-order valence-corrected chi connectivity index (χ2v) is 19.2. The second kappa shape index (κ2) is 42.5. The zero-order valence-electron chi connectivity index (χ0n) is 39.7. The minimum Gasteiger partial charge on any atom is -0.756 e. The molecular formula is C50H94NO8P. The minimum atomic E-state index is -4.63. The number of quaternary nitrogens is 1. The lowest BCUT2D eigenvalue weighted by Gasteiger charge is -2.28. The Balaban J connectivity index is 4.25. The maximum absolute atomic E-state index is 12.7. The van der Waals surface area contributed by atoms with Gasteiger partial charge in [-0.2, -0.15) is 0 Å². The molecule has 1 unspecified atom stereocenters. The van der Waals surface area contributed by atoms with Crippen LogP contribution in [0, 0.1) is 0 Å². The van der Waals surface area contributed by atoms with Crippen LogP contribution in [0.15, 0.2) is 36.5 Å². The molecule has 0 saturated carbocycles. The van der Waals surface area contributed by atoms with Gasteiger partial charge >= 0.3 is 11.9 Å². The molecule has 9 nitrogen and oxygen atoms in total. The second-order valence-electron chi connectivity index (χ2n) is 17.8. The summed E-state index contributed by atoms with van der Waals surface area (Å²) >= 11 is 0. The van der Waals surface area contributed by atoms with Crippen LogP contribution >= 0.6 is 7.82 Å². The lowest BCUT2D eigenvalue weighted by atomic mass is 10.0. The van der Waals surface area contributed by atoms with E-state index in [0.717, 1.165) is 57.8 Å². The van der Waals surface area contributed by atoms with Crippen molar-refractivity contribution in [2.24, 2.45) is 0 Å². The average molecular weight is 868 g/mol. The molecule has 0 amide bonds. The Kier molecular flexibility index (Phi) is 41.3. The van der Waals surface area contributed by atoms with E-state index >= 15 is 0 Å². The monoisotopic (exact) mass is 868 g/mol. The molecule has 352 valence electrons. The molecule has 0 aromatic rings. The van der Waals surface area contributed by atoms with Gasteiger partial charge in [0.25, 0.3) is 7.82 Å². The Bertz CT molecular complexity index is 1120. The van der Waals surface area contributed by atoms with Crippen molar-refractivity contribution in [3.63, 3.8) is 0 Å². The fraction of sp³-hybridized carbons (Fsp3) is 0.840. The highest BCUT2D eigenvalue weighted by Gasteiger charge is 2.21. The SMILES string of the molecule is CCCCC/C=C/C/C=C/CCCCCCCC(=O)O[C@@H](COC(=O)CCCCCCCCCCCCC/C=C/CCCCCCCC)COP(=O)([O-])OCC[N+](C)(C)C. The van der Waals surface area contributed by atoms with Crippen LogP contribution in [0.3, 0.4) is 0 Å². The number of hydrogen-bond donors (Lipinski definition) is 0. The normalized spacial score (nSPS) is 13.8. The van der Waals surface area contributed by atoms with Crippen molar-refractivity contribution in [1.82, 2.24) is 0 Å². The third-order valence-corrected chi connectivity index (χ3v) is 11.6. The number of unbranched alkanes of at least 4 members (excludes halogenated alkanes) is 25. The quantitative estimate of drug-likeness (QED) is 0.0196. The molecule has 2 atom stereocenters. The van der Waals surface area contributed by atoms with Crippen LogP contribution in [-0.4, -0.2) is 70.0 Å². The molecule has 60 heavy (non-hydrogen) atoms. The summed E-state index contributed by atoms with van der Waals surface area (Å²) in [4.78, 5) is 37.6. The molecule has 0 aliphatic heterocycles. The number of ether oxygens (including phenoxy) is 2. The Morgan fingerprint density at radius 2 is 0.900 bits per heavy atom. The summed E-state index contributed by atoms with van der Waals surface area (Å²) in [7, 11) is 1.16. The van der Waals surface area contributed by atoms with Gasteiger partial charge in [-0.25, -0.2) is 0 Å². The molecule has 10 heteroatoms. The van der Waals surface area contributed by atoms with Crippen LogP contribution in [0.2, 0.25) is 0 Å². The largest absolute Gasteiger partial charge is 0.756 e. The zero-order chi connectivity index (χ0) is 44.3. The standard InChI is InChI=1S/C50H94NO8P/c1-6-8-10-12-14-16-18-20-22-23-24-25-26-27-29-30-32-34-36-38-40-42-49(52)56-46-48(47-58-60(54,55)57-45-44-51(3,4)5)59-50(53)43-41-39-37-35-33-31-28-21-19-17-15-13-11-9-7-2/h15,17,20-22,28,48H,6-14,16,18-19,23-27,29-47H2,1-5H3/b17-15+,22-20+,28-21+/t48-/m0/s1. The Morgan fingerprint density at radius 1 is 0.517 bits per heavy atom. The van der Waals surface area contributed by atoms with Gasteiger partial charge in [-0.15, -0.1) is 0 Å². The third kappa shape index (κ3) is 45.7. The van der Waals surface area contributed by atoms with Gasteiger partial charge in [0.1, 0.15) is 19.8 Å². The fourth-order valence-electron chi connectivity index (χ4n) is 6.74. The lowest BCUT2D eigenvalue weighted by molar-refractivity contribution is -0.870. The van der Waals surface area contributed by atoms with Gasteiger partial charge in [-0.3, -0.25) is 14.2 Å². The summed E-state index contributed by atoms with van der Waals surface area (Å²) in [5, 5.41) is 0. The first-order chi connectivity index (χ1) is 29.0. The predicted octanol–water partition coefficient (Wildman–Crippen LogP) is 13.8. The fourth-order valence-corrected chi connectivity index (χ4v) is 7.47. The van der Waals surface area contributed by atoms with E-state index in [1.807, 2.05) is 21.1 Å². The Labute approximate surface area is 370 Å². The maximum Gasteiger partial charge on any atom is 0.306 e. The van der Waals surface area contributed by atoms with Gasteiger partial charge in [-0.05, 0) is 70.6 Å². The number of carbonyl (C=O) groups is 2. The van der Waals surface area contributed by atoms with Crippen LogP contribution in [0.4, 0.5) is 0 Å². The number of rotatable bonds is 45. The summed E-state index contributed by atoms with van der Waals surface area (Å²) in [5.74, 6) is -0.846. The molecular weight excluding hydrogens is 774 g/mol. The van der Waals surface area contributed by atoms with E-state index in [0.29, 0.717) is 17.4 Å². The minimum absolute atomic E-state index is 0.0335.